The van der Waals surface area contributed by atoms with Crippen molar-refractivity contribution < 1.29 is 0 Å². The van der Waals surface area contributed by atoms with E-state index >= 15 is 0 Å². The van der Waals surface area contributed by atoms with E-state index in [2.05, 4.69) is 10.3 Å². The van der Waals surface area contributed by atoms with Crippen molar-refractivity contribution in [1.29, 1.82) is 5.26 Å². The van der Waals surface area contributed by atoms with Crippen LogP contribution in [-0.2, 0) is 0 Å². The van der Waals surface area contributed by atoms with Gasteiger partial charge in [-0.25, -0.2) is 4.98 Å². The molecule has 0 amide bonds. The van der Waals surface area contributed by atoms with E-state index in [1.165, 1.54) is 0 Å². The van der Waals surface area contributed by atoms with Crippen molar-refractivity contribution >= 4 is 34.7 Å². The predicted octanol–water partition coefficient (Wildman–Crippen LogP) is 4.00. The lowest BCUT2D eigenvalue weighted by molar-refractivity contribution is 1.31. The summed E-state index contributed by atoms with van der Waals surface area (Å²) in [5, 5.41) is 12.6. The smallest absolute Gasteiger partial charge is 0.132 e. The van der Waals surface area contributed by atoms with Gasteiger partial charge in [-0.15, -0.1) is 0 Å². The van der Waals surface area contributed by atoms with Gasteiger partial charge >= 0.3 is 0 Å². The Bertz CT molecular complexity index is 591. The van der Waals surface area contributed by atoms with Gasteiger partial charge in [0, 0.05) is 0 Å². The van der Waals surface area contributed by atoms with E-state index in [9.17, 15) is 0 Å². The molecule has 1 N–H and O–H groups in total. The van der Waals surface area contributed by atoms with E-state index in [0.717, 1.165) is 0 Å². The summed E-state index contributed by atoms with van der Waals surface area (Å²) in [5.74, 6) is 0.601. The quantitative estimate of drug-likeness (QED) is 0.834. The Morgan fingerprint density at radius 2 is 2.00 bits per heavy atom. The van der Waals surface area contributed by atoms with Crippen LogP contribution in [0.3, 0.4) is 0 Å². The largest absolute Gasteiger partial charge is 0.339 e. The van der Waals surface area contributed by atoms with Crippen LogP contribution in [0.5, 0.6) is 0 Å². The molecule has 0 bridgehead atoms. The molecule has 0 atom stereocenters. The molecule has 3 nitrogen and oxygen atoms in total. The van der Waals surface area contributed by atoms with Crippen LogP contribution < -0.4 is 5.32 Å². The first kappa shape index (κ1) is 11.7. The Hall–Kier alpha value is -1.76. The summed E-state index contributed by atoms with van der Waals surface area (Å²) in [4.78, 5) is 4.08. The summed E-state index contributed by atoms with van der Waals surface area (Å²) in [6, 6.07) is 12.3. The molecule has 2 rings (SSSR count). The summed E-state index contributed by atoms with van der Waals surface area (Å²) in [6.45, 7) is 0. The molecule has 0 fully saturated rings. The minimum Gasteiger partial charge on any atom is -0.339 e. The van der Waals surface area contributed by atoms with Crippen molar-refractivity contribution in [2.24, 2.45) is 0 Å². The van der Waals surface area contributed by atoms with Gasteiger partial charge < -0.3 is 5.32 Å². The fraction of sp³-hybridized carbons (Fsp3) is 0. The van der Waals surface area contributed by atoms with Gasteiger partial charge in [0.05, 0.1) is 22.3 Å². The molecule has 0 aliphatic rings. The Labute approximate surface area is 109 Å². The number of rotatable bonds is 2. The summed E-state index contributed by atoms with van der Waals surface area (Å²) in [7, 11) is 0. The van der Waals surface area contributed by atoms with E-state index in [0.29, 0.717) is 27.2 Å². The van der Waals surface area contributed by atoms with Gasteiger partial charge in [0.25, 0.3) is 0 Å². The monoisotopic (exact) mass is 263 g/mol. The lowest BCUT2D eigenvalue weighted by atomic mass is 10.2. The molecule has 0 radical (unpaired) electrons. The van der Waals surface area contributed by atoms with Crippen LogP contribution in [0.15, 0.2) is 36.4 Å². The summed E-state index contributed by atoms with van der Waals surface area (Å²) < 4.78 is 0. The van der Waals surface area contributed by atoms with Crippen LogP contribution in [0.25, 0.3) is 0 Å². The summed E-state index contributed by atoms with van der Waals surface area (Å²) in [6.07, 6.45) is 0. The van der Waals surface area contributed by atoms with Crippen LogP contribution in [0.2, 0.25) is 10.2 Å². The molecule has 5 heteroatoms. The van der Waals surface area contributed by atoms with Gasteiger partial charge in [-0.2, -0.15) is 5.26 Å². The average Bonchev–Trinajstić information content (AvgIpc) is 2.32. The van der Waals surface area contributed by atoms with E-state index < -0.39 is 0 Å². The number of hydrogen-bond acceptors (Lipinski definition) is 3. The lowest BCUT2D eigenvalue weighted by Crippen LogP contribution is -1.94. The second-order valence-electron chi connectivity index (χ2n) is 3.28. The Balaban J connectivity index is 2.28. The van der Waals surface area contributed by atoms with E-state index in [1.807, 2.05) is 6.07 Å². The molecule has 1 aromatic carbocycles. The Morgan fingerprint density at radius 3 is 2.65 bits per heavy atom. The molecule has 0 saturated heterocycles. The number of hydrogen-bond donors (Lipinski definition) is 1. The highest BCUT2D eigenvalue weighted by molar-refractivity contribution is 6.33. The molecule has 0 aliphatic heterocycles. The molecule has 1 heterocycles. The third-order valence-electron chi connectivity index (χ3n) is 2.08. The van der Waals surface area contributed by atoms with Crippen LogP contribution >= 0.6 is 23.2 Å². The number of anilines is 2. The van der Waals surface area contributed by atoms with Crippen LogP contribution in [0.4, 0.5) is 11.5 Å². The minimum atomic E-state index is 0.403. The fourth-order valence-electron chi connectivity index (χ4n) is 1.30. The van der Waals surface area contributed by atoms with Crippen molar-refractivity contribution in [3.8, 4) is 6.07 Å². The third kappa shape index (κ3) is 2.88. The molecule has 2 aromatic rings. The molecule has 0 saturated carbocycles. The number of nitrogens with one attached hydrogen (secondary N) is 1. The number of nitriles is 1. The van der Waals surface area contributed by atoms with Crippen LogP contribution in [0, 0.1) is 11.3 Å². The first-order chi connectivity index (χ1) is 8.19. The number of pyridine rings is 1. The van der Waals surface area contributed by atoms with Crippen LogP contribution in [-0.4, -0.2) is 4.98 Å². The minimum absolute atomic E-state index is 0.403. The number of halogens is 2. The van der Waals surface area contributed by atoms with Gasteiger partial charge in [-0.3, -0.25) is 0 Å². The van der Waals surface area contributed by atoms with Crippen LogP contribution in [0.1, 0.15) is 5.56 Å². The molecule has 1 aromatic heterocycles. The zero-order chi connectivity index (χ0) is 12.3. The zero-order valence-corrected chi connectivity index (χ0v) is 10.1. The van der Waals surface area contributed by atoms with Gasteiger partial charge in [0.1, 0.15) is 11.0 Å². The number of benzene rings is 1. The van der Waals surface area contributed by atoms with Gasteiger partial charge in [-0.05, 0) is 30.3 Å². The SMILES string of the molecule is N#Cc1ccc(Nc2cccc(Cl)n2)c(Cl)c1. The fourth-order valence-corrected chi connectivity index (χ4v) is 1.69. The molecule has 0 unspecified atom stereocenters. The summed E-state index contributed by atoms with van der Waals surface area (Å²) >= 11 is 11.8. The van der Waals surface area contributed by atoms with E-state index in [-0.39, 0.29) is 0 Å². The van der Waals surface area contributed by atoms with Crippen molar-refractivity contribution in [1.82, 2.24) is 4.98 Å². The standard InChI is InChI=1S/C12H7Cl2N3/c13-9-6-8(7-15)4-5-10(9)16-12-3-1-2-11(14)17-12/h1-6H,(H,16,17). The summed E-state index contributed by atoms with van der Waals surface area (Å²) in [5.41, 5.74) is 1.19. The van der Waals surface area contributed by atoms with Gasteiger partial charge in [0.15, 0.2) is 0 Å². The predicted molar refractivity (Wildman–Crippen MR) is 68.7 cm³/mol. The Kier molecular flexibility index (Phi) is 3.48. The maximum atomic E-state index is 8.72. The average molecular weight is 264 g/mol. The molecular weight excluding hydrogens is 257 g/mol. The van der Waals surface area contributed by atoms with Gasteiger partial charge in [-0.1, -0.05) is 29.3 Å². The second-order valence-corrected chi connectivity index (χ2v) is 4.07. The van der Waals surface area contributed by atoms with Crippen molar-refractivity contribution in [3.63, 3.8) is 0 Å². The van der Waals surface area contributed by atoms with E-state index in [4.69, 9.17) is 28.5 Å². The normalized spacial score (nSPS) is 9.71. The first-order valence-corrected chi connectivity index (χ1v) is 5.54. The molecular formula is C12H7Cl2N3. The molecule has 0 spiro atoms. The zero-order valence-electron chi connectivity index (χ0n) is 8.61. The van der Waals surface area contributed by atoms with E-state index in [1.54, 1.807) is 36.4 Å². The molecule has 0 aliphatic carbocycles. The second kappa shape index (κ2) is 5.05. The highest BCUT2D eigenvalue weighted by atomic mass is 35.5. The van der Waals surface area contributed by atoms with Crippen molar-refractivity contribution in [2.75, 3.05) is 5.32 Å². The lowest BCUT2D eigenvalue weighted by Gasteiger charge is -2.07. The molecule has 84 valence electrons. The molecule has 17 heavy (non-hydrogen) atoms. The highest BCUT2D eigenvalue weighted by Crippen LogP contribution is 2.25. The third-order valence-corrected chi connectivity index (χ3v) is 2.60. The number of aromatic nitrogens is 1. The van der Waals surface area contributed by atoms with Gasteiger partial charge in [0.2, 0.25) is 0 Å². The topological polar surface area (TPSA) is 48.7 Å². The van der Waals surface area contributed by atoms with Crippen molar-refractivity contribution in [2.45, 2.75) is 0 Å². The highest BCUT2D eigenvalue weighted by Gasteiger charge is 2.03. The number of nitrogens with zero attached hydrogens (tertiary/aromatic N) is 2. The first-order valence-electron chi connectivity index (χ1n) is 4.78. The van der Waals surface area contributed by atoms with Crippen molar-refractivity contribution in [3.05, 3.63) is 52.1 Å². The maximum absolute atomic E-state index is 8.72. The maximum Gasteiger partial charge on any atom is 0.132 e. The Morgan fingerprint density at radius 1 is 1.18 bits per heavy atom.